The van der Waals surface area contributed by atoms with E-state index in [1.54, 1.807) is 115 Å². The third kappa shape index (κ3) is 26.2. The van der Waals surface area contributed by atoms with Crippen LogP contribution >= 0.6 is 46.4 Å². The number of hydrogen-bond acceptors (Lipinski definition) is 20. The van der Waals surface area contributed by atoms with Crippen molar-refractivity contribution in [3.63, 3.8) is 0 Å². The fraction of sp³-hybridized carbons (Fsp3) is 0.538. The number of ether oxygens (including phenoxy) is 7. The molecule has 4 N–H and O–H groups in total. The molecule has 3 atom stereocenters. The monoisotopic (exact) mass is 1450 g/mol. The lowest BCUT2D eigenvalue weighted by Gasteiger charge is -2.43. The SMILES string of the molecule is CC(C)(C)OC(=O)CCC(=O)O.CN(C(=O)OCCl)[C@]1(c2ccccc2Cl)CCCCC1=O.CN(C(=O)OCOC(=O)CCC(=O)OC(C)(C)C)[C@]1(c2ccccc2Cl)CCCCC1=O.CN(C(=O)OCOC(=O)CN)[C@]1(c2ccccc2Cl)CCCCC1=O.O=C(O)C(F)(F)F. The van der Waals surface area contributed by atoms with Gasteiger partial charge >= 0.3 is 60.3 Å². The number of rotatable bonds is 18. The number of nitrogens with zero attached hydrogens (tertiary/aromatic N) is 3. The van der Waals surface area contributed by atoms with E-state index < -0.39 is 102 Å². The van der Waals surface area contributed by atoms with Gasteiger partial charge in [-0.3, -0.25) is 53.1 Å². The number of nitrogens with two attached hydrogens (primary N) is 1. The van der Waals surface area contributed by atoms with Crippen LogP contribution in [0.25, 0.3) is 0 Å². The highest BCUT2D eigenvalue weighted by molar-refractivity contribution is 6.32. The maximum Gasteiger partial charge on any atom is 0.490 e. The first-order chi connectivity index (χ1) is 45.2. The summed E-state index contributed by atoms with van der Waals surface area (Å²) in [6.45, 7) is 8.90. The zero-order valence-corrected chi connectivity index (χ0v) is 58.3. The summed E-state index contributed by atoms with van der Waals surface area (Å²) in [6, 6.07) is 20.7. The summed E-state index contributed by atoms with van der Waals surface area (Å²) in [4.78, 5) is 144. The zero-order valence-electron chi connectivity index (χ0n) is 55.3. The van der Waals surface area contributed by atoms with Crippen LogP contribution in [0.1, 0.15) is 161 Å². The second-order valence-electron chi connectivity index (χ2n) is 23.8. The van der Waals surface area contributed by atoms with E-state index in [4.69, 9.17) is 95.6 Å². The van der Waals surface area contributed by atoms with Gasteiger partial charge in [-0.05, 0) is 118 Å². The van der Waals surface area contributed by atoms with Crippen molar-refractivity contribution in [2.24, 2.45) is 5.73 Å². The number of carboxylic acid groups (broad SMARTS) is 2. The molecule has 0 bridgehead atoms. The predicted molar refractivity (Wildman–Crippen MR) is 346 cm³/mol. The van der Waals surface area contributed by atoms with Crippen molar-refractivity contribution in [2.75, 3.05) is 47.3 Å². The number of benzene rings is 3. The lowest BCUT2D eigenvalue weighted by Crippen LogP contribution is -2.54. The Kier molecular flexibility index (Phi) is 34.8. The molecule has 32 heteroatoms. The summed E-state index contributed by atoms with van der Waals surface area (Å²) >= 11 is 24.4. The summed E-state index contributed by atoms with van der Waals surface area (Å²) in [5.41, 5.74) is 2.19. The molecular formula is C65H83Cl4F3N4O21. The van der Waals surface area contributed by atoms with Gasteiger partial charge < -0.3 is 49.1 Å². The average molecular weight is 1460 g/mol. The molecule has 6 rings (SSSR count). The van der Waals surface area contributed by atoms with Gasteiger partial charge in [-0.15, -0.1) is 0 Å². The summed E-state index contributed by atoms with van der Waals surface area (Å²) in [5.74, 6) is -6.36. The van der Waals surface area contributed by atoms with E-state index in [1.165, 1.54) is 28.8 Å². The Morgan fingerprint density at radius 3 is 1.03 bits per heavy atom. The topological polar surface area (TPSA) is 346 Å². The summed E-state index contributed by atoms with van der Waals surface area (Å²) in [5, 5.41) is 16.6. The number of Topliss-reactive ketones (excluding diaryl/α,β-unsaturated/α-hetero) is 3. The maximum absolute atomic E-state index is 13.0. The Balaban J connectivity index is 0.000000442. The fourth-order valence-corrected chi connectivity index (χ4v) is 11.3. The van der Waals surface area contributed by atoms with Gasteiger partial charge in [0.05, 0.1) is 32.2 Å². The highest BCUT2D eigenvalue weighted by Gasteiger charge is 2.51. The Hall–Kier alpha value is -7.79. The minimum Gasteiger partial charge on any atom is -0.481 e. The number of esters is 4. The van der Waals surface area contributed by atoms with Gasteiger partial charge in [-0.2, -0.15) is 13.2 Å². The van der Waals surface area contributed by atoms with E-state index in [2.05, 4.69) is 4.74 Å². The van der Waals surface area contributed by atoms with Crippen molar-refractivity contribution >= 4 is 118 Å². The van der Waals surface area contributed by atoms with Crippen LogP contribution in [0, 0.1) is 0 Å². The largest absolute Gasteiger partial charge is 0.490 e. The first kappa shape index (κ1) is 85.3. The number of carboxylic acids is 2. The third-order valence-electron chi connectivity index (χ3n) is 14.8. The minimum atomic E-state index is -5.08. The lowest BCUT2D eigenvalue weighted by molar-refractivity contribution is -0.192. The molecule has 25 nitrogen and oxygen atoms in total. The smallest absolute Gasteiger partial charge is 0.481 e. The summed E-state index contributed by atoms with van der Waals surface area (Å²) in [6.07, 6.45) is -0.712. The number of carbonyl (C=O) groups is 12. The van der Waals surface area contributed by atoms with Gasteiger partial charge in [-0.1, -0.05) is 101 Å². The molecule has 0 unspecified atom stereocenters. The summed E-state index contributed by atoms with van der Waals surface area (Å²) < 4.78 is 66.2. The number of carbonyl (C=O) groups excluding carboxylic acids is 10. The first-order valence-corrected chi connectivity index (χ1v) is 32.0. The van der Waals surface area contributed by atoms with Crippen molar-refractivity contribution < 1.29 is 114 Å². The molecule has 0 heterocycles. The van der Waals surface area contributed by atoms with E-state index >= 15 is 0 Å². The molecule has 0 saturated heterocycles. The average Bonchev–Trinajstić information content (AvgIpc) is 0.775. The molecule has 3 amide bonds. The van der Waals surface area contributed by atoms with E-state index in [1.807, 2.05) is 6.07 Å². The van der Waals surface area contributed by atoms with E-state index in [9.17, 15) is 65.9 Å². The molecule has 3 aliphatic rings. The van der Waals surface area contributed by atoms with Gasteiger partial charge in [0.2, 0.25) is 13.6 Å². The van der Waals surface area contributed by atoms with Crippen LogP contribution < -0.4 is 5.73 Å². The van der Waals surface area contributed by atoms with Crippen LogP contribution in [0.5, 0.6) is 0 Å². The van der Waals surface area contributed by atoms with Crippen LogP contribution in [0.4, 0.5) is 27.6 Å². The molecule has 3 aliphatic carbocycles. The number of likely N-dealkylation sites (N-methyl/N-ethyl adjacent to an activating group) is 3. The molecule has 3 fully saturated rings. The first-order valence-electron chi connectivity index (χ1n) is 30.3. The van der Waals surface area contributed by atoms with Crippen LogP contribution in [0.15, 0.2) is 72.8 Å². The third-order valence-corrected chi connectivity index (χ3v) is 15.9. The Morgan fingerprint density at radius 2 is 0.763 bits per heavy atom. The standard InChI is InChI=1S/C23H30ClNO7.C17H21ClN2O5.C15H17Cl2NO3.C8H14O4.C2HF3O2/c1-22(2,3)32-20(28)13-12-19(27)30-15-31-21(29)25(4)23(14-8-7-11-18(23)26)16-9-5-6-10-17(16)24;1-20(16(23)25-11-24-15(22)10-19)17(9-5-4-8-14(17)21)12-6-2-3-7-13(12)18;1-18(14(20)21-10-16)15(9-5-4-8-13(15)19)11-6-2-3-7-12(11)17;1-8(2,3)12-7(11)5-4-6(9)10;3-2(4,5)1(6)7/h5-6,9-10H,7-8,11-15H2,1-4H3;2-3,6-7H,4-5,8-11,19H2,1H3;2-3,6-7H,4-5,8-10H2,1H3;4-5H2,1-3H3,(H,9,10);(H,6,7)/t23-;17-;15-;;/m000../s1. The quantitative estimate of drug-likeness (QED) is 0.0461. The number of ketones is 3. The highest BCUT2D eigenvalue weighted by Crippen LogP contribution is 2.45. The van der Waals surface area contributed by atoms with Crippen LogP contribution in [0.3, 0.4) is 0 Å². The molecule has 0 aliphatic heterocycles. The van der Waals surface area contributed by atoms with Gasteiger partial charge in [0.25, 0.3) is 0 Å². The number of halogens is 7. The molecule has 538 valence electrons. The van der Waals surface area contributed by atoms with Crippen molar-refractivity contribution in [1.82, 2.24) is 14.7 Å². The van der Waals surface area contributed by atoms with Crippen molar-refractivity contribution in [3.8, 4) is 0 Å². The fourth-order valence-electron chi connectivity index (χ4n) is 10.3. The number of hydrogen-bond donors (Lipinski definition) is 3. The molecule has 3 aromatic carbocycles. The number of aliphatic carboxylic acids is 2. The number of amides is 3. The van der Waals surface area contributed by atoms with Gasteiger partial charge in [0.15, 0.2) is 23.4 Å². The molecule has 0 radical (unpaired) electrons. The molecule has 97 heavy (non-hydrogen) atoms. The van der Waals surface area contributed by atoms with Crippen molar-refractivity contribution in [1.29, 1.82) is 0 Å². The predicted octanol–water partition coefficient (Wildman–Crippen LogP) is 12.3. The van der Waals surface area contributed by atoms with Crippen LogP contribution in [-0.4, -0.2) is 161 Å². The van der Waals surface area contributed by atoms with E-state index in [-0.39, 0.29) is 55.6 Å². The Bertz CT molecular complexity index is 3240. The van der Waals surface area contributed by atoms with E-state index in [0.29, 0.717) is 70.3 Å². The maximum atomic E-state index is 13.0. The lowest BCUT2D eigenvalue weighted by atomic mass is 9.74. The van der Waals surface area contributed by atoms with Gasteiger partial charge in [-0.25, -0.2) is 19.2 Å². The zero-order chi connectivity index (χ0) is 73.7. The second-order valence-corrected chi connectivity index (χ2v) is 25.2. The van der Waals surface area contributed by atoms with Crippen LogP contribution in [-0.2, 0) is 92.9 Å². The van der Waals surface area contributed by atoms with Crippen molar-refractivity contribution in [3.05, 3.63) is 105 Å². The molecule has 0 spiro atoms. The normalized spacial score (nSPS) is 18.2. The Labute approximate surface area is 579 Å². The molecular weight excluding hydrogens is 1370 g/mol. The van der Waals surface area contributed by atoms with Crippen molar-refractivity contribution in [2.45, 2.75) is 178 Å². The van der Waals surface area contributed by atoms with Gasteiger partial charge in [0, 0.05) is 72.2 Å². The number of alkyl halides is 4. The summed E-state index contributed by atoms with van der Waals surface area (Å²) in [7, 11) is 4.51. The molecule has 3 aromatic rings. The highest BCUT2D eigenvalue weighted by atomic mass is 35.5. The second kappa shape index (κ2) is 39.6. The minimum absolute atomic E-state index is 0.0177. The molecule has 3 saturated carbocycles. The van der Waals surface area contributed by atoms with Gasteiger partial charge in [0.1, 0.15) is 27.8 Å². The van der Waals surface area contributed by atoms with E-state index in [0.717, 1.165) is 38.5 Å². The molecule has 0 aromatic heterocycles. The Morgan fingerprint density at radius 1 is 0.474 bits per heavy atom. The van der Waals surface area contributed by atoms with Crippen LogP contribution in [0.2, 0.25) is 15.1 Å².